The van der Waals surface area contributed by atoms with Crippen LogP contribution in [0, 0.1) is 6.92 Å². The second-order valence-corrected chi connectivity index (χ2v) is 5.00. The summed E-state index contributed by atoms with van der Waals surface area (Å²) in [5.74, 6) is 1.90. The Bertz CT molecular complexity index is 459. The molecule has 88 valence electrons. The molecule has 0 unspecified atom stereocenters. The summed E-state index contributed by atoms with van der Waals surface area (Å²) < 4.78 is 5.14. The Balaban J connectivity index is 1.95. The van der Waals surface area contributed by atoms with Gasteiger partial charge in [0.05, 0.1) is 7.11 Å². The van der Waals surface area contributed by atoms with Crippen LogP contribution >= 0.6 is 11.8 Å². The lowest BCUT2D eigenvalue weighted by atomic mass is 10.2. The molecule has 0 atom stereocenters. The second-order valence-electron chi connectivity index (χ2n) is 3.95. The van der Waals surface area contributed by atoms with Gasteiger partial charge in [-0.05, 0) is 36.8 Å². The highest BCUT2D eigenvalue weighted by Gasteiger charge is 1.97. The fourth-order valence-electron chi connectivity index (χ4n) is 1.52. The summed E-state index contributed by atoms with van der Waals surface area (Å²) in [6.45, 7) is 2.11. The zero-order valence-electron chi connectivity index (χ0n) is 10.1. The molecule has 0 aliphatic heterocycles. The zero-order valence-corrected chi connectivity index (χ0v) is 11.0. The number of benzene rings is 2. The summed E-state index contributed by atoms with van der Waals surface area (Å²) in [5, 5.41) is 0. The fourth-order valence-corrected chi connectivity index (χ4v) is 2.38. The molecule has 0 aliphatic carbocycles. The summed E-state index contributed by atoms with van der Waals surface area (Å²) in [6, 6.07) is 16.9. The molecular weight excluding hydrogens is 228 g/mol. The van der Waals surface area contributed by atoms with E-state index in [-0.39, 0.29) is 0 Å². The molecule has 0 saturated heterocycles. The average molecular weight is 244 g/mol. The number of rotatable bonds is 4. The topological polar surface area (TPSA) is 9.23 Å². The standard InChI is InChI=1S/C15H16OS/c1-12-3-9-15(10-4-12)17-11-13-5-7-14(16-2)8-6-13/h3-10H,11H2,1-2H3. The van der Waals surface area contributed by atoms with E-state index in [0.717, 1.165) is 11.5 Å². The number of hydrogen-bond acceptors (Lipinski definition) is 2. The molecule has 2 aromatic carbocycles. The van der Waals surface area contributed by atoms with Crippen molar-refractivity contribution in [3.63, 3.8) is 0 Å². The molecule has 17 heavy (non-hydrogen) atoms. The van der Waals surface area contributed by atoms with Gasteiger partial charge in [-0.1, -0.05) is 29.8 Å². The third-order valence-electron chi connectivity index (χ3n) is 2.59. The van der Waals surface area contributed by atoms with Gasteiger partial charge in [-0.15, -0.1) is 11.8 Å². The number of hydrogen-bond donors (Lipinski definition) is 0. The molecule has 0 bridgehead atoms. The molecule has 0 saturated carbocycles. The van der Waals surface area contributed by atoms with E-state index in [1.54, 1.807) is 7.11 Å². The molecule has 2 aromatic rings. The zero-order chi connectivity index (χ0) is 12.1. The van der Waals surface area contributed by atoms with E-state index in [1.807, 2.05) is 23.9 Å². The summed E-state index contributed by atoms with van der Waals surface area (Å²) in [5.41, 5.74) is 2.62. The van der Waals surface area contributed by atoms with Gasteiger partial charge in [0.15, 0.2) is 0 Å². The van der Waals surface area contributed by atoms with Gasteiger partial charge >= 0.3 is 0 Å². The molecule has 1 nitrogen and oxygen atoms in total. The second kappa shape index (κ2) is 5.78. The number of ether oxygens (including phenoxy) is 1. The van der Waals surface area contributed by atoms with E-state index in [9.17, 15) is 0 Å². The normalized spacial score (nSPS) is 10.2. The predicted molar refractivity (Wildman–Crippen MR) is 73.7 cm³/mol. The lowest BCUT2D eigenvalue weighted by Crippen LogP contribution is -1.84. The third-order valence-corrected chi connectivity index (χ3v) is 3.67. The molecular formula is C15H16OS. The minimum atomic E-state index is 0.911. The van der Waals surface area contributed by atoms with Crippen LogP contribution in [0.5, 0.6) is 5.75 Å². The Hall–Kier alpha value is -1.41. The van der Waals surface area contributed by atoms with Crippen molar-refractivity contribution in [2.24, 2.45) is 0 Å². The van der Waals surface area contributed by atoms with Crippen molar-refractivity contribution in [1.82, 2.24) is 0 Å². The summed E-state index contributed by atoms with van der Waals surface area (Å²) in [4.78, 5) is 1.31. The lowest BCUT2D eigenvalue weighted by Gasteiger charge is -2.04. The molecule has 2 rings (SSSR count). The van der Waals surface area contributed by atoms with E-state index in [4.69, 9.17) is 4.74 Å². The number of methoxy groups -OCH3 is 1. The van der Waals surface area contributed by atoms with Crippen molar-refractivity contribution >= 4 is 11.8 Å². The van der Waals surface area contributed by atoms with E-state index in [1.165, 1.54) is 16.0 Å². The molecule has 0 spiro atoms. The van der Waals surface area contributed by atoms with E-state index in [0.29, 0.717) is 0 Å². The maximum Gasteiger partial charge on any atom is 0.118 e. The van der Waals surface area contributed by atoms with Gasteiger partial charge < -0.3 is 4.74 Å². The number of aryl methyl sites for hydroxylation is 1. The monoisotopic (exact) mass is 244 g/mol. The van der Waals surface area contributed by atoms with Crippen LogP contribution in [0.1, 0.15) is 11.1 Å². The van der Waals surface area contributed by atoms with Gasteiger partial charge in [-0.25, -0.2) is 0 Å². The van der Waals surface area contributed by atoms with Gasteiger partial charge in [-0.2, -0.15) is 0 Å². The quantitative estimate of drug-likeness (QED) is 0.742. The van der Waals surface area contributed by atoms with E-state index in [2.05, 4.69) is 43.3 Å². The Kier molecular flexibility index (Phi) is 4.10. The number of thioether (sulfide) groups is 1. The van der Waals surface area contributed by atoms with Crippen LogP contribution in [0.25, 0.3) is 0 Å². The molecule has 0 aromatic heterocycles. The Morgan fingerprint density at radius 1 is 0.941 bits per heavy atom. The third kappa shape index (κ3) is 3.53. The summed E-state index contributed by atoms with van der Waals surface area (Å²) in [7, 11) is 1.69. The van der Waals surface area contributed by atoms with Crippen molar-refractivity contribution in [3.8, 4) is 5.75 Å². The average Bonchev–Trinajstić information content (AvgIpc) is 2.39. The van der Waals surface area contributed by atoms with Gasteiger partial charge in [0.1, 0.15) is 5.75 Å². The van der Waals surface area contributed by atoms with Crippen LogP contribution in [-0.4, -0.2) is 7.11 Å². The first-order valence-electron chi connectivity index (χ1n) is 5.60. The van der Waals surface area contributed by atoms with Crippen LogP contribution in [0.3, 0.4) is 0 Å². The van der Waals surface area contributed by atoms with Crippen molar-refractivity contribution in [2.75, 3.05) is 7.11 Å². The molecule has 0 fully saturated rings. The Morgan fingerprint density at radius 2 is 1.59 bits per heavy atom. The molecule has 2 heteroatoms. The van der Waals surface area contributed by atoms with Crippen molar-refractivity contribution in [1.29, 1.82) is 0 Å². The molecule has 0 aliphatic rings. The first-order valence-corrected chi connectivity index (χ1v) is 6.59. The Labute approximate surface area is 107 Å². The largest absolute Gasteiger partial charge is 0.497 e. The van der Waals surface area contributed by atoms with Gasteiger partial charge in [0, 0.05) is 10.6 Å². The van der Waals surface area contributed by atoms with Crippen LogP contribution in [0.15, 0.2) is 53.4 Å². The van der Waals surface area contributed by atoms with Crippen LogP contribution in [-0.2, 0) is 5.75 Å². The highest BCUT2D eigenvalue weighted by atomic mass is 32.2. The summed E-state index contributed by atoms with van der Waals surface area (Å²) in [6.07, 6.45) is 0. The van der Waals surface area contributed by atoms with Crippen molar-refractivity contribution in [2.45, 2.75) is 17.6 Å². The predicted octanol–water partition coefficient (Wildman–Crippen LogP) is 4.30. The van der Waals surface area contributed by atoms with Gasteiger partial charge in [0.25, 0.3) is 0 Å². The highest BCUT2D eigenvalue weighted by molar-refractivity contribution is 7.98. The minimum absolute atomic E-state index is 0.911. The van der Waals surface area contributed by atoms with Gasteiger partial charge in [-0.3, -0.25) is 0 Å². The molecule has 0 amide bonds. The van der Waals surface area contributed by atoms with E-state index < -0.39 is 0 Å². The summed E-state index contributed by atoms with van der Waals surface area (Å²) >= 11 is 1.85. The van der Waals surface area contributed by atoms with Gasteiger partial charge in [0.2, 0.25) is 0 Å². The van der Waals surface area contributed by atoms with Crippen LogP contribution in [0.2, 0.25) is 0 Å². The first-order chi connectivity index (χ1) is 8.28. The smallest absolute Gasteiger partial charge is 0.118 e. The first kappa shape index (κ1) is 12.1. The van der Waals surface area contributed by atoms with Crippen LogP contribution in [0.4, 0.5) is 0 Å². The fraction of sp³-hybridized carbons (Fsp3) is 0.200. The molecule has 0 heterocycles. The van der Waals surface area contributed by atoms with Crippen molar-refractivity contribution in [3.05, 3.63) is 59.7 Å². The van der Waals surface area contributed by atoms with Crippen molar-refractivity contribution < 1.29 is 4.74 Å². The molecule has 0 N–H and O–H groups in total. The van der Waals surface area contributed by atoms with Crippen LogP contribution < -0.4 is 4.74 Å². The highest BCUT2D eigenvalue weighted by Crippen LogP contribution is 2.23. The Morgan fingerprint density at radius 3 is 2.18 bits per heavy atom. The lowest BCUT2D eigenvalue weighted by molar-refractivity contribution is 0.414. The maximum atomic E-state index is 5.14. The van der Waals surface area contributed by atoms with E-state index >= 15 is 0 Å². The molecule has 0 radical (unpaired) electrons. The SMILES string of the molecule is COc1ccc(CSc2ccc(C)cc2)cc1. The maximum absolute atomic E-state index is 5.14. The minimum Gasteiger partial charge on any atom is -0.497 e.